The van der Waals surface area contributed by atoms with E-state index in [-0.39, 0.29) is 19.4 Å². The second-order valence-electron chi connectivity index (χ2n) is 5.52. The third-order valence-corrected chi connectivity index (χ3v) is 2.43. The number of amides is 2. The van der Waals surface area contributed by atoms with Gasteiger partial charge in [-0.05, 0) is 33.6 Å². The van der Waals surface area contributed by atoms with Gasteiger partial charge in [-0.1, -0.05) is 6.92 Å². The topological polar surface area (TPSA) is 110 Å². The van der Waals surface area contributed by atoms with E-state index in [1.54, 1.807) is 20.8 Å². The van der Waals surface area contributed by atoms with Gasteiger partial charge in [0.1, 0.15) is 11.6 Å². The van der Waals surface area contributed by atoms with Crippen molar-refractivity contribution >= 4 is 18.0 Å². The van der Waals surface area contributed by atoms with E-state index in [0.717, 1.165) is 0 Å². The molecule has 0 radical (unpaired) electrons. The van der Waals surface area contributed by atoms with E-state index < -0.39 is 29.6 Å². The lowest BCUT2D eigenvalue weighted by atomic mass is 10.1. The Kier molecular flexibility index (Phi) is 7.02. The predicted molar refractivity (Wildman–Crippen MR) is 73.1 cm³/mol. The van der Waals surface area contributed by atoms with Gasteiger partial charge in [-0.3, -0.25) is 14.5 Å². The standard InChI is InChI=1S/C13H24N2O5/c1-5-8-15(12(19)20-13(2,3)4)9(11(14)18)6-7-10(16)17/h9H,5-8H2,1-4H3,(H2,14,18)(H,16,17)/t9-/m1/s1. The average Bonchev–Trinajstić information content (AvgIpc) is 2.24. The van der Waals surface area contributed by atoms with Crippen LogP contribution in [0.2, 0.25) is 0 Å². The molecule has 20 heavy (non-hydrogen) atoms. The lowest BCUT2D eigenvalue weighted by Gasteiger charge is -2.31. The molecule has 2 amide bonds. The monoisotopic (exact) mass is 288 g/mol. The molecular formula is C13H24N2O5. The van der Waals surface area contributed by atoms with Crippen molar-refractivity contribution in [2.24, 2.45) is 5.73 Å². The van der Waals surface area contributed by atoms with Crippen molar-refractivity contribution in [3.8, 4) is 0 Å². The normalized spacial score (nSPS) is 12.6. The highest BCUT2D eigenvalue weighted by molar-refractivity contribution is 5.85. The second-order valence-corrected chi connectivity index (χ2v) is 5.52. The van der Waals surface area contributed by atoms with Crippen LogP contribution in [-0.4, -0.2) is 46.2 Å². The van der Waals surface area contributed by atoms with Crippen LogP contribution in [0.15, 0.2) is 0 Å². The molecule has 0 bridgehead atoms. The zero-order valence-corrected chi connectivity index (χ0v) is 12.5. The zero-order chi connectivity index (χ0) is 15.9. The van der Waals surface area contributed by atoms with Crippen LogP contribution < -0.4 is 5.73 Å². The summed E-state index contributed by atoms with van der Waals surface area (Å²) in [6, 6.07) is -0.971. The lowest BCUT2D eigenvalue weighted by Crippen LogP contribution is -2.50. The molecule has 0 saturated heterocycles. The second kappa shape index (κ2) is 7.72. The van der Waals surface area contributed by atoms with Crippen molar-refractivity contribution in [1.29, 1.82) is 0 Å². The Morgan fingerprint density at radius 1 is 1.30 bits per heavy atom. The number of hydrogen-bond donors (Lipinski definition) is 2. The van der Waals surface area contributed by atoms with E-state index in [2.05, 4.69) is 0 Å². The van der Waals surface area contributed by atoms with Gasteiger partial charge in [0, 0.05) is 13.0 Å². The molecule has 0 rings (SSSR count). The summed E-state index contributed by atoms with van der Waals surface area (Å²) in [5, 5.41) is 8.69. The predicted octanol–water partition coefficient (Wildman–Crippen LogP) is 1.35. The van der Waals surface area contributed by atoms with Crippen LogP contribution in [0, 0.1) is 0 Å². The fraction of sp³-hybridized carbons (Fsp3) is 0.769. The number of hydrogen-bond acceptors (Lipinski definition) is 4. The summed E-state index contributed by atoms with van der Waals surface area (Å²) in [5.74, 6) is -1.78. The summed E-state index contributed by atoms with van der Waals surface area (Å²) in [7, 11) is 0. The number of ether oxygens (including phenoxy) is 1. The summed E-state index contributed by atoms with van der Waals surface area (Å²) in [4.78, 5) is 35.4. The van der Waals surface area contributed by atoms with E-state index in [1.807, 2.05) is 6.92 Å². The highest BCUT2D eigenvalue weighted by atomic mass is 16.6. The molecule has 0 aromatic rings. The van der Waals surface area contributed by atoms with Crippen molar-refractivity contribution in [3.05, 3.63) is 0 Å². The Balaban J connectivity index is 5.01. The molecule has 0 spiro atoms. The molecule has 7 nitrogen and oxygen atoms in total. The van der Waals surface area contributed by atoms with Crippen LogP contribution in [0.1, 0.15) is 47.0 Å². The summed E-state index contributed by atoms with van der Waals surface area (Å²) >= 11 is 0. The largest absolute Gasteiger partial charge is 0.481 e. The number of carbonyl (C=O) groups excluding carboxylic acids is 2. The first kappa shape index (κ1) is 18.2. The van der Waals surface area contributed by atoms with Gasteiger partial charge in [0.05, 0.1) is 0 Å². The third-order valence-electron chi connectivity index (χ3n) is 2.43. The van der Waals surface area contributed by atoms with Crippen molar-refractivity contribution in [1.82, 2.24) is 4.90 Å². The van der Waals surface area contributed by atoms with Crippen molar-refractivity contribution in [2.45, 2.75) is 58.6 Å². The van der Waals surface area contributed by atoms with Gasteiger partial charge in [-0.2, -0.15) is 0 Å². The number of primary amides is 1. The number of rotatable bonds is 7. The molecule has 0 aliphatic carbocycles. The summed E-state index contributed by atoms with van der Waals surface area (Å²) in [6.07, 6.45) is -0.315. The van der Waals surface area contributed by atoms with Gasteiger partial charge >= 0.3 is 12.1 Å². The third kappa shape index (κ3) is 6.96. The van der Waals surface area contributed by atoms with Crippen LogP contribution in [0.25, 0.3) is 0 Å². The summed E-state index contributed by atoms with van der Waals surface area (Å²) in [6.45, 7) is 7.26. The summed E-state index contributed by atoms with van der Waals surface area (Å²) in [5.41, 5.74) is 4.58. The minimum atomic E-state index is -1.04. The van der Waals surface area contributed by atoms with Gasteiger partial charge in [-0.25, -0.2) is 4.79 Å². The number of nitrogens with two attached hydrogens (primary N) is 1. The minimum Gasteiger partial charge on any atom is -0.481 e. The molecule has 0 saturated carbocycles. The molecular weight excluding hydrogens is 264 g/mol. The number of aliphatic carboxylic acids is 1. The first-order valence-electron chi connectivity index (χ1n) is 6.59. The number of carboxylic acids is 1. The van der Waals surface area contributed by atoms with Crippen molar-refractivity contribution < 1.29 is 24.2 Å². The van der Waals surface area contributed by atoms with Crippen LogP contribution in [0.3, 0.4) is 0 Å². The van der Waals surface area contributed by atoms with Crippen molar-refractivity contribution in [2.75, 3.05) is 6.54 Å². The van der Waals surface area contributed by atoms with Gasteiger partial charge in [0.15, 0.2) is 0 Å². The van der Waals surface area contributed by atoms with Crippen LogP contribution >= 0.6 is 0 Å². The number of carboxylic acid groups (broad SMARTS) is 1. The average molecular weight is 288 g/mol. The zero-order valence-electron chi connectivity index (χ0n) is 12.5. The molecule has 1 atom stereocenters. The van der Waals surface area contributed by atoms with E-state index >= 15 is 0 Å². The number of nitrogens with zero attached hydrogens (tertiary/aromatic N) is 1. The highest BCUT2D eigenvalue weighted by Gasteiger charge is 2.31. The molecule has 3 N–H and O–H groups in total. The molecule has 0 aromatic carbocycles. The van der Waals surface area contributed by atoms with E-state index in [1.165, 1.54) is 4.90 Å². The van der Waals surface area contributed by atoms with Gasteiger partial charge in [0.25, 0.3) is 0 Å². The Hall–Kier alpha value is -1.79. The molecule has 0 unspecified atom stereocenters. The first-order valence-corrected chi connectivity index (χ1v) is 6.59. The highest BCUT2D eigenvalue weighted by Crippen LogP contribution is 2.15. The van der Waals surface area contributed by atoms with Gasteiger partial charge in [-0.15, -0.1) is 0 Å². The molecule has 0 aliphatic heterocycles. The molecule has 116 valence electrons. The number of carbonyl (C=O) groups is 3. The smallest absolute Gasteiger partial charge is 0.410 e. The maximum Gasteiger partial charge on any atom is 0.410 e. The van der Waals surface area contributed by atoms with Crippen LogP contribution in [0.5, 0.6) is 0 Å². The maximum absolute atomic E-state index is 12.1. The van der Waals surface area contributed by atoms with E-state index in [0.29, 0.717) is 6.42 Å². The van der Waals surface area contributed by atoms with Gasteiger partial charge in [0.2, 0.25) is 5.91 Å². The Bertz CT molecular complexity index is 362. The molecule has 0 aromatic heterocycles. The lowest BCUT2D eigenvalue weighted by molar-refractivity contribution is -0.137. The van der Waals surface area contributed by atoms with E-state index in [9.17, 15) is 14.4 Å². The van der Waals surface area contributed by atoms with Crippen LogP contribution in [0.4, 0.5) is 4.79 Å². The minimum absolute atomic E-state index is 0.0239. The quantitative estimate of drug-likeness (QED) is 0.734. The van der Waals surface area contributed by atoms with E-state index in [4.69, 9.17) is 15.6 Å². The maximum atomic E-state index is 12.1. The first-order chi connectivity index (χ1) is 9.08. The van der Waals surface area contributed by atoms with Crippen LogP contribution in [-0.2, 0) is 14.3 Å². The molecule has 0 fully saturated rings. The fourth-order valence-corrected chi connectivity index (χ4v) is 1.65. The Labute approximate surface area is 119 Å². The Morgan fingerprint density at radius 3 is 2.20 bits per heavy atom. The molecule has 7 heteroatoms. The molecule has 0 aliphatic rings. The Morgan fingerprint density at radius 2 is 1.85 bits per heavy atom. The fourth-order valence-electron chi connectivity index (χ4n) is 1.65. The molecule has 0 heterocycles. The summed E-state index contributed by atoms with van der Waals surface area (Å²) < 4.78 is 5.22. The SMILES string of the molecule is CCCN(C(=O)OC(C)(C)C)[C@H](CCC(=O)O)C(N)=O. The van der Waals surface area contributed by atoms with Crippen molar-refractivity contribution in [3.63, 3.8) is 0 Å². The van der Waals surface area contributed by atoms with Gasteiger partial charge < -0.3 is 15.6 Å².